The standard InChI is InChI=1S/C19H30N4O2/c1-16-20-12-17(13-21-16)14-22-9-6-19(7-10-22)5-4-18(24)23(15-19)8-3-11-25-2/h12-13H,3-11,14-15H2,1-2H3. The van der Waals surface area contributed by atoms with Crippen LogP contribution in [0.4, 0.5) is 0 Å². The highest BCUT2D eigenvalue weighted by Gasteiger charge is 2.40. The fourth-order valence-electron chi connectivity index (χ4n) is 4.06. The Morgan fingerprint density at radius 2 is 1.92 bits per heavy atom. The number of piperidine rings is 2. The largest absolute Gasteiger partial charge is 0.385 e. The lowest BCUT2D eigenvalue weighted by molar-refractivity contribution is -0.139. The zero-order chi connectivity index (χ0) is 17.7. The van der Waals surface area contributed by atoms with E-state index in [1.54, 1.807) is 7.11 Å². The maximum Gasteiger partial charge on any atom is 0.222 e. The number of carbonyl (C=O) groups is 1. The van der Waals surface area contributed by atoms with E-state index in [9.17, 15) is 4.79 Å². The molecule has 0 aromatic carbocycles. The number of nitrogens with zero attached hydrogens (tertiary/aromatic N) is 4. The Kier molecular flexibility index (Phi) is 6.02. The lowest BCUT2D eigenvalue weighted by Crippen LogP contribution is -2.51. The molecule has 0 N–H and O–H groups in total. The molecule has 138 valence electrons. The number of hydrogen-bond donors (Lipinski definition) is 0. The Morgan fingerprint density at radius 3 is 2.60 bits per heavy atom. The van der Waals surface area contributed by atoms with Gasteiger partial charge < -0.3 is 9.64 Å². The minimum atomic E-state index is 0.320. The molecule has 2 aliphatic heterocycles. The SMILES string of the molecule is COCCCN1CC2(CCC1=O)CCN(Cc1cnc(C)nc1)CC2. The van der Waals surface area contributed by atoms with Crippen molar-refractivity contribution in [2.75, 3.05) is 39.9 Å². The van der Waals surface area contributed by atoms with Gasteiger partial charge in [-0.25, -0.2) is 9.97 Å². The van der Waals surface area contributed by atoms with Gasteiger partial charge in [0.05, 0.1) is 0 Å². The quantitative estimate of drug-likeness (QED) is 0.738. The van der Waals surface area contributed by atoms with Gasteiger partial charge >= 0.3 is 0 Å². The van der Waals surface area contributed by atoms with Crippen LogP contribution in [-0.2, 0) is 16.1 Å². The number of amides is 1. The van der Waals surface area contributed by atoms with E-state index in [2.05, 4.69) is 19.8 Å². The van der Waals surface area contributed by atoms with Crippen LogP contribution in [0.3, 0.4) is 0 Å². The lowest BCUT2D eigenvalue weighted by Gasteiger charge is -2.47. The number of aryl methyl sites for hydroxylation is 1. The Balaban J connectivity index is 1.51. The Labute approximate surface area is 150 Å². The molecule has 0 radical (unpaired) electrons. The highest BCUT2D eigenvalue weighted by atomic mass is 16.5. The summed E-state index contributed by atoms with van der Waals surface area (Å²) >= 11 is 0. The maximum absolute atomic E-state index is 12.2. The first-order valence-corrected chi connectivity index (χ1v) is 9.37. The monoisotopic (exact) mass is 346 g/mol. The van der Waals surface area contributed by atoms with Crippen LogP contribution in [0, 0.1) is 12.3 Å². The molecule has 0 unspecified atom stereocenters. The summed E-state index contributed by atoms with van der Waals surface area (Å²) in [6.07, 6.45) is 8.90. The van der Waals surface area contributed by atoms with Crippen molar-refractivity contribution < 1.29 is 9.53 Å². The van der Waals surface area contributed by atoms with E-state index in [0.29, 0.717) is 17.7 Å². The Hall–Kier alpha value is -1.53. The molecule has 0 atom stereocenters. The van der Waals surface area contributed by atoms with Gasteiger partial charge in [0.2, 0.25) is 5.91 Å². The van der Waals surface area contributed by atoms with Gasteiger partial charge in [-0.15, -0.1) is 0 Å². The number of rotatable bonds is 6. The van der Waals surface area contributed by atoms with Crippen LogP contribution in [0.25, 0.3) is 0 Å². The molecule has 1 spiro atoms. The summed E-state index contributed by atoms with van der Waals surface area (Å²) in [5, 5.41) is 0. The Morgan fingerprint density at radius 1 is 1.20 bits per heavy atom. The van der Waals surface area contributed by atoms with Crippen molar-refractivity contribution in [2.45, 2.75) is 45.6 Å². The zero-order valence-electron chi connectivity index (χ0n) is 15.5. The molecular weight excluding hydrogens is 316 g/mol. The summed E-state index contributed by atoms with van der Waals surface area (Å²) in [4.78, 5) is 25.4. The summed E-state index contributed by atoms with van der Waals surface area (Å²) < 4.78 is 5.13. The molecular formula is C19H30N4O2. The van der Waals surface area contributed by atoms with Gasteiger partial charge in [-0.05, 0) is 51.1 Å². The molecule has 0 bridgehead atoms. The van der Waals surface area contributed by atoms with E-state index in [-0.39, 0.29) is 0 Å². The average molecular weight is 346 g/mol. The predicted octanol–water partition coefficient (Wildman–Crippen LogP) is 2.03. The summed E-state index contributed by atoms with van der Waals surface area (Å²) in [7, 11) is 1.72. The molecule has 6 nitrogen and oxygen atoms in total. The van der Waals surface area contributed by atoms with Gasteiger partial charge in [-0.2, -0.15) is 0 Å². The molecule has 3 rings (SSSR count). The van der Waals surface area contributed by atoms with E-state index in [1.807, 2.05) is 19.3 Å². The van der Waals surface area contributed by atoms with E-state index in [1.165, 1.54) is 18.4 Å². The van der Waals surface area contributed by atoms with Gasteiger partial charge in [-0.1, -0.05) is 0 Å². The number of carbonyl (C=O) groups excluding carboxylic acids is 1. The minimum absolute atomic E-state index is 0.320. The first kappa shape index (κ1) is 18.3. The molecule has 3 heterocycles. The van der Waals surface area contributed by atoms with Crippen LogP contribution in [0.15, 0.2) is 12.4 Å². The van der Waals surface area contributed by atoms with Crippen molar-refractivity contribution >= 4 is 5.91 Å². The fourth-order valence-corrected chi connectivity index (χ4v) is 4.06. The molecule has 0 saturated carbocycles. The van der Waals surface area contributed by atoms with Gasteiger partial charge in [0.25, 0.3) is 0 Å². The third kappa shape index (κ3) is 4.76. The lowest BCUT2D eigenvalue weighted by atomic mass is 9.72. The van der Waals surface area contributed by atoms with Crippen molar-refractivity contribution in [2.24, 2.45) is 5.41 Å². The van der Waals surface area contributed by atoms with Crippen LogP contribution in [-0.4, -0.2) is 65.6 Å². The molecule has 1 amide bonds. The van der Waals surface area contributed by atoms with Gasteiger partial charge in [0, 0.05) is 57.7 Å². The number of likely N-dealkylation sites (tertiary alicyclic amines) is 2. The van der Waals surface area contributed by atoms with E-state index in [4.69, 9.17) is 4.74 Å². The van der Waals surface area contributed by atoms with Crippen molar-refractivity contribution in [3.8, 4) is 0 Å². The van der Waals surface area contributed by atoms with Crippen LogP contribution >= 0.6 is 0 Å². The number of ether oxygens (including phenoxy) is 1. The fraction of sp³-hybridized carbons (Fsp3) is 0.737. The maximum atomic E-state index is 12.2. The summed E-state index contributed by atoms with van der Waals surface area (Å²) in [6.45, 7) is 7.50. The van der Waals surface area contributed by atoms with E-state index in [0.717, 1.165) is 58.0 Å². The topological polar surface area (TPSA) is 58.6 Å². The van der Waals surface area contributed by atoms with Gasteiger partial charge in [0.15, 0.2) is 0 Å². The van der Waals surface area contributed by atoms with Gasteiger partial charge in [0.1, 0.15) is 5.82 Å². The molecule has 2 saturated heterocycles. The zero-order valence-corrected chi connectivity index (χ0v) is 15.5. The second-order valence-electron chi connectivity index (χ2n) is 7.58. The highest BCUT2D eigenvalue weighted by Crippen LogP contribution is 2.40. The first-order chi connectivity index (χ1) is 12.1. The van der Waals surface area contributed by atoms with Crippen LogP contribution in [0.5, 0.6) is 0 Å². The summed E-state index contributed by atoms with van der Waals surface area (Å²) in [6, 6.07) is 0. The number of aromatic nitrogens is 2. The molecule has 0 aliphatic carbocycles. The molecule has 1 aromatic rings. The molecule has 2 aliphatic rings. The number of methoxy groups -OCH3 is 1. The molecule has 1 aromatic heterocycles. The third-order valence-electron chi connectivity index (χ3n) is 5.68. The van der Waals surface area contributed by atoms with Crippen molar-refractivity contribution in [3.63, 3.8) is 0 Å². The average Bonchev–Trinajstić information content (AvgIpc) is 2.62. The van der Waals surface area contributed by atoms with E-state index >= 15 is 0 Å². The minimum Gasteiger partial charge on any atom is -0.385 e. The molecule has 6 heteroatoms. The second-order valence-corrected chi connectivity index (χ2v) is 7.58. The first-order valence-electron chi connectivity index (χ1n) is 9.37. The molecule has 2 fully saturated rings. The summed E-state index contributed by atoms with van der Waals surface area (Å²) in [5.74, 6) is 1.14. The van der Waals surface area contributed by atoms with Crippen LogP contribution in [0.2, 0.25) is 0 Å². The smallest absolute Gasteiger partial charge is 0.222 e. The van der Waals surface area contributed by atoms with Crippen molar-refractivity contribution in [1.29, 1.82) is 0 Å². The van der Waals surface area contributed by atoms with Gasteiger partial charge in [-0.3, -0.25) is 9.69 Å². The highest BCUT2D eigenvalue weighted by molar-refractivity contribution is 5.77. The van der Waals surface area contributed by atoms with E-state index < -0.39 is 0 Å². The molecule has 25 heavy (non-hydrogen) atoms. The third-order valence-corrected chi connectivity index (χ3v) is 5.68. The predicted molar refractivity (Wildman–Crippen MR) is 96.0 cm³/mol. The summed E-state index contributed by atoms with van der Waals surface area (Å²) in [5.41, 5.74) is 1.50. The number of hydrogen-bond acceptors (Lipinski definition) is 5. The normalized spacial score (nSPS) is 21.0. The van der Waals surface area contributed by atoms with Crippen molar-refractivity contribution in [3.05, 3.63) is 23.8 Å². The van der Waals surface area contributed by atoms with Crippen LogP contribution in [0.1, 0.15) is 43.5 Å². The van der Waals surface area contributed by atoms with Crippen molar-refractivity contribution in [1.82, 2.24) is 19.8 Å². The Bertz CT molecular complexity index is 567. The second kappa shape index (κ2) is 8.23. The van der Waals surface area contributed by atoms with Crippen LogP contribution < -0.4 is 0 Å².